The summed E-state index contributed by atoms with van der Waals surface area (Å²) in [6.07, 6.45) is 0.550. The van der Waals surface area contributed by atoms with Crippen molar-refractivity contribution in [2.24, 2.45) is 0 Å². The Labute approximate surface area is 182 Å². The Kier molecular flexibility index (Phi) is 4.12. The second-order valence-corrected chi connectivity index (χ2v) is 8.38. The molecule has 3 unspecified atom stereocenters. The molecule has 0 radical (unpaired) electrons. The molecule has 0 aliphatic carbocycles. The number of nitrogens with zero attached hydrogens (tertiary/aromatic N) is 5. The predicted molar refractivity (Wildman–Crippen MR) is 113 cm³/mol. The summed E-state index contributed by atoms with van der Waals surface area (Å²) < 4.78 is 7.07. The zero-order valence-corrected chi connectivity index (χ0v) is 17.5. The molecule has 6 rings (SSSR count). The number of hydrogen-bond donors (Lipinski definition) is 1. The number of methoxy groups -OCH3 is 1. The third kappa shape index (κ3) is 2.72. The number of ether oxygens (including phenoxy) is 1. The number of halogens is 1. The van der Waals surface area contributed by atoms with Crippen LogP contribution in [0, 0.1) is 0 Å². The molecule has 1 N–H and O–H groups in total. The van der Waals surface area contributed by atoms with Crippen LogP contribution in [0.1, 0.15) is 34.7 Å². The quantitative estimate of drug-likeness (QED) is 0.488. The van der Waals surface area contributed by atoms with Gasteiger partial charge in [-0.3, -0.25) is 9.69 Å². The van der Waals surface area contributed by atoms with E-state index in [4.69, 9.17) is 16.3 Å². The maximum absolute atomic E-state index is 13.0. The average molecular weight is 435 g/mol. The summed E-state index contributed by atoms with van der Waals surface area (Å²) in [6.45, 7) is 0.541. The number of aromatic nitrogens is 5. The highest BCUT2D eigenvalue weighted by Crippen LogP contribution is 2.47. The minimum atomic E-state index is -0.465. The molecule has 156 valence electrons. The maximum Gasteiger partial charge on any atom is 0.323 e. The topological polar surface area (TPSA) is 88.9 Å². The van der Waals surface area contributed by atoms with Crippen LogP contribution in [0.15, 0.2) is 48.5 Å². The molecule has 2 aliphatic rings. The summed E-state index contributed by atoms with van der Waals surface area (Å²) in [7, 11) is 1.44. The van der Waals surface area contributed by atoms with E-state index < -0.39 is 6.04 Å². The number of carbonyl (C=O) groups excluding carboxylic acids is 1. The largest absolute Gasteiger partial charge is 0.468 e. The fourth-order valence-corrected chi connectivity index (χ4v) is 5.20. The number of hydrogen-bond acceptors (Lipinski definition) is 6. The lowest BCUT2D eigenvalue weighted by atomic mass is 9.86. The molecule has 3 atom stereocenters. The van der Waals surface area contributed by atoms with Crippen molar-refractivity contribution in [1.29, 1.82) is 0 Å². The van der Waals surface area contributed by atoms with E-state index >= 15 is 0 Å². The zero-order chi connectivity index (χ0) is 21.1. The molecule has 4 heterocycles. The minimum Gasteiger partial charge on any atom is -0.468 e. The summed E-state index contributed by atoms with van der Waals surface area (Å²) in [4.78, 5) is 18.8. The van der Waals surface area contributed by atoms with Crippen LogP contribution in [-0.2, 0) is 22.5 Å². The van der Waals surface area contributed by atoms with Gasteiger partial charge in [0.15, 0.2) is 5.82 Å². The SMILES string of the molecule is COC(=O)C1Cc2c([nH]c3ccccc23)C2Cn3nnnc3C(c3ccc(Cl)cc3)N12. The van der Waals surface area contributed by atoms with E-state index in [1.54, 1.807) is 0 Å². The normalized spacial score (nSPS) is 22.6. The van der Waals surface area contributed by atoms with Crippen molar-refractivity contribution in [1.82, 2.24) is 30.1 Å². The molecule has 0 saturated heterocycles. The van der Waals surface area contributed by atoms with E-state index in [0.29, 0.717) is 23.8 Å². The first-order chi connectivity index (χ1) is 15.2. The van der Waals surface area contributed by atoms with Crippen molar-refractivity contribution < 1.29 is 9.53 Å². The first-order valence-corrected chi connectivity index (χ1v) is 10.5. The lowest BCUT2D eigenvalue weighted by molar-refractivity contribution is -0.150. The summed E-state index contributed by atoms with van der Waals surface area (Å²) in [5.74, 6) is 0.438. The molecule has 2 aromatic heterocycles. The van der Waals surface area contributed by atoms with E-state index in [0.717, 1.165) is 27.7 Å². The van der Waals surface area contributed by atoms with Crippen LogP contribution in [0.25, 0.3) is 10.9 Å². The highest BCUT2D eigenvalue weighted by atomic mass is 35.5. The van der Waals surface area contributed by atoms with Crippen LogP contribution in [0.4, 0.5) is 0 Å². The number of carbonyl (C=O) groups is 1. The molecule has 0 fully saturated rings. The van der Waals surface area contributed by atoms with Gasteiger partial charge in [0.05, 0.1) is 25.7 Å². The Hall–Kier alpha value is -3.23. The number of aromatic amines is 1. The average Bonchev–Trinajstić information content (AvgIpc) is 3.41. The number of tetrazole rings is 1. The Balaban J connectivity index is 1.59. The zero-order valence-electron chi connectivity index (χ0n) is 16.7. The highest BCUT2D eigenvalue weighted by Gasteiger charge is 2.49. The summed E-state index contributed by atoms with van der Waals surface area (Å²) in [5.41, 5.74) is 4.28. The Morgan fingerprint density at radius 3 is 2.81 bits per heavy atom. The maximum atomic E-state index is 13.0. The summed E-state index contributed by atoms with van der Waals surface area (Å²) >= 11 is 6.14. The monoisotopic (exact) mass is 434 g/mol. The van der Waals surface area contributed by atoms with Crippen LogP contribution in [-0.4, -0.2) is 49.2 Å². The third-order valence-electron chi connectivity index (χ3n) is 6.40. The van der Waals surface area contributed by atoms with E-state index in [1.807, 2.05) is 41.1 Å². The molecule has 0 saturated carbocycles. The van der Waals surface area contributed by atoms with Crippen molar-refractivity contribution >= 4 is 28.5 Å². The number of fused-ring (bicyclic) bond motifs is 6. The highest BCUT2D eigenvalue weighted by molar-refractivity contribution is 6.30. The van der Waals surface area contributed by atoms with Crippen molar-refractivity contribution in [2.75, 3.05) is 7.11 Å². The standard InChI is InChI=1S/C22H19ClN6O2/c1-31-22(30)17-10-15-14-4-2-3-5-16(14)24-19(15)18-11-28-21(25-26-27-28)20(29(17)18)12-6-8-13(23)9-7-12/h2-9,17-18,20,24H,10-11H2,1H3. The van der Waals surface area contributed by atoms with Crippen molar-refractivity contribution in [3.63, 3.8) is 0 Å². The smallest absolute Gasteiger partial charge is 0.323 e. The second kappa shape index (κ2) is 6.90. The molecule has 2 aromatic carbocycles. The van der Waals surface area contributed by atoms with Crippen molar-refractivity contribution in [2.45, 2.75) is 31.1 Å². The van der Waals surface area contributed by atoms with Gasteiger partial charge in [-0.25, -0.2) is 4.68 Å². The summed E-state index contributed by atoms with van der Waals surface area (Å²) in [5, 5.41) is 14.3. The number of nitrogens with one attached hydrogen (secondary N) is 1. The molecule has 8 nitrogen and oxygen atoms in total. The molecule has 0 bridgehead atoms. The van der Waals surface area contributed by atoms with E-state index in [-0.39, 0.29) is 18.1 Å². The molecule has 31 heavy (non-hydrogen) atoms. The second-order valence-electron chi connectivity index (χ2n) is 7.94. The predicted octanol–water partition coefficient (Wildman–Crippen LogP) is 3.05. The Morgan fingerprint density at radius 1 is 1.19 bits per heavy atom. The van der Waals surface area contributed by atoms with Crippen LogP contribution in [0.3, 0.4) is 0 Å². The molecule has 4 aromatic rings. The molecule has 2 aliphatic heterocycles. The lowest BCUT2D eigenvalue weighted by Gasteiger charge is -2.47. The fourth-order valence-electron chi connectivity index (χ4n) is 5.08. The number of esters is 1. The van der Waals surface area contributed by atoms with E-state index in [1.165, 1.54) is 7.11 Å². The van der Waals surface area contributed by atoms with Gasteiger partial charge in [-0.1, -0.05) is 41.9 Å². The van der Waals surface area contributed by atoms with Gasteiger partial charge in [-0.15, -0.1) is 5.10 Å². The van der Waals surface area contributed by atoms with Gasteiger partial charge in [-0.05, 0) is 39.8 Å². The number of rotatable bonds is 2. The van der Waals surface area contributed by atoms with Gasteiger partial charge < -0.3 is 9.72 Å². The van der Waals surface area contributed by atoms with Gasteiger partial charge in [0, 0.05) is 28.0 Å². The molecular formula is C22H19ClN6O2. The van der Waals surface area contributed by atoms with Gasteiger partial charge in [0.1, 0.15) is 6.04 Å². The first-order valence-electron chi connectivity index (χ1n) is 10.1. The molecular weight excluding hydrogens is 416 g/mol. The number of para-hydroxylation sites is 1. The minimum absolute atomic E-state index is 0.114. The van der Waals surface area contributed by atoms with Gasteiger partial charge in [0.2, 0.25) is 0 Å². The fraction of sp³-hybridized carbons (Fsp3) is 0.273. The molecule has 0 amide bonds. The summed E-state index contributed by atoms with van der Waals surface area (Å²) in [6, 6.07) is 14.9. The van der Waals surface area contributed by atoms with E-state index in [2.05, 4.69) is 37.5 Å². The molecule has 0 spiro atoms. The number of H-pyrrole nitrogens is 1. The third-order valence-corrected chi connectivity index (χ3v) is 6.66. The molecule has 9 heteroatoms. The van der Waals surface area contributed by atoms with Gasteiger partial charge >= 0.3 is 5.97 Å². The van der Waals surface area contributed by atoms with Gasteiger partial charge in [-0.2, -0.15) is 0 Å². The lowest BCUT2D eigenvalue weighted by Crippen LogP contribution is -2.54. The van der Waals surface area contributed by atoms with Crippen molar-refractivity contribution in [3.05, 3.63) is 76.2 Å². The number of benzene rings is 2. The Bertz CT molecular complexity index is 1300. The van der Waals surface area contributed by atoms with Crippen LogP contribution >= 0.6 is 11.6 Å². The first kappa shape index (κ1) is 18.5. The van der Waals surface area contributed by atoms with Crippen LogP contribution in [0.2, 0.25) is 5.02 Å². The van der Waals surface area contributed by atoms with Gasteiger partial charge in [0.25, 0.3) is 0 Å². The van der Waals surface area contributed by atoms with Crippen LogP contribution < -0.4 is 0 Å². The Morgan fingerprint density at radius 2 is 2.00 bits per heavy atom. The van der Waals surface area contributed by atoms with E-state index in [9.17, 15) is 4.79 Å². The van der Waals surface area contributed by atoms with Crippen LogP contribution in [0.5, 0.6) is 0 Å². The van der Waals surface area contributed by atoms with Crippen molar-refractivity contribution in [3.8, 4) is 0 Å².